The summed E-state index contributed by atoms with van der Waals surface area (Å²) in [6, 6.07) is 9.96. The number of hydrogen-bond acceptors (Lipinski definition) is 5. The predicted molar refractivity (Wildman–Crippen MR) is 79.3 cm³/mol. The predicted octanol–water partition coefficient (Wildman–Crippen LogP) is 3.98. The van der Waals surface area contributed by atoms with E-state index in [9.17, 15) is 10.1 Å². The van der Waals surface area contributed by atoms with Crippen LogP contribution >= 0.6 is 15.9 Å². The molecule has 0 saturated heterocycles. The SMILES string of the molecule is CCNc1ccc([N+](=O)[O-])c(Oc2cccc(Br)c2)n1. The van der Waals surface area contributed by atoms with Crippen LogP contribution in [-0.2, 0) is 0 Å². The molecule has 1 N–H and O–H groups in total. The van der Waals surface area contributed by atoms with Crippen molar-refractivity contribution in [2.75, 3.05) is 11.9 Å². The number of ether oxygens (including phenoxy) is 1. The highest BCUT2D eigenvalue weighted by Crippen LogP contribution is 2.31. The third-order valence-electron chi connectivity index (χ3n) is 2.41. The molecular formula is C13H12BrN3O3. The maximum Gasteiger partial charge on any atom is 0.331 e. The maximum absolute atomic E-state index is 11.0. The quantitative estimate of drug-likeness (QED) is 0.659. The Balaban J connectivity index is 2.36. The van der Waals surface area contributed by atoms with E-state index in [4.69, 9.17) is 4.74 Å². The van der Waals surface area contributed by atoms with Crippen molar-refractivity contribution in [2.24, 2.45) is 0 Å². The lowest BCUT2D eigenvalue weighted by atomic mass is 10.3. The van der Waals surface area contributed by atoms with Crippen molar-refractivity contribution in [1.29, 1.82) is 0 Å². The van der Waals surface area contributed by atoms with E-state index in [1.54, 1.807) is 24.3 Å². The topological polar surface area (TPSA) is 77.3 Å². The van der Waals surface area contributed by atoms with Gasteiger partial charge in [-0.3, -0.25) is 10.1 Å². The molecule has 0 aliphatic heterocycles. The average molecular weight is 338 g/mol. The molecular weight excluding hydrogens is 326 g/mol. The van der Waals surface area contributed by atoms with Crippen LogP contribution in [0.5, 0.6) is 11.6 Å². The van der Waals surface area contributed by atoms with Gasteiger partial charge in [-0.15, -0.1) is 0 Å². The van der Waals surface area contributed by atoms with Crippen LogP contribution < -0.4 is 10.1 Å². The summed E-state index contributed by atoms with van der Waals surface area (Å²) in [7, 11) is 0. The van der Waals surface area contributed by atoms with E-state index in [0.29, 0.717) is 18.1 Å². The van der Waals surface area contributed by atoms with Gasteiger partial charge in [0.15, 0.2) is 0 Å². The van der Waals surface area contributed by atoms with Crippen molar-refractivity contribution in [1.82, 2.24) is 4.98 Å². The zero-order valence-electron chi connectivity index (χ0n) is 10.7. The highest BCUT2D eigenvalue weighted by molar-refractivity contribution is 9.10. The molecule has 1 aromatic heterocycles. The first-order valence-corrected chi connectivity index (χ1v) is 6.72. The van der Waals surface area contributed by atoms with Gasteiger partial charge in [0.1, 0.15) is 11.6 Å². The largest absolute Gasteiger partial charge is 0.434 e. The van der Waals surface area contributed by atoms with Gasteiger partial charge in [0.05, 0.1) is 4.92 Å². The van der Waals surface area contributed by atoms with Crippen LogP contribution in [0, 0.1) is 10.1 Å². The second-order valence-corrected chi connectivity index (χ2v) is 4.78. The van der Waals surface area contributed by atoms with E-state index < -0.39 is 4.92 Å². The van der Waals surface area contributed by atoms with E-state index >= 15 is 0 Å². The summed E-state index contributed by atoms with van der Waals surface area (Å²) < 4.78 is 6.34. The van der Waals surface area contributed by atoms with Crippen LogP contribution in [0.25, 0.3) is 0 Å². The number of anilines is 1. The fourth-order valence-electron chi connectivity index (χ4n) is 1.57. The molecule has 0 amide bonds. The minimum Gasteiger partial charge on any atom is -0.434 e. The first-order chi connectivity index (χ1) is 9.60. The van der Waals surface area contributed by atoms with E-state index in [1.807, 2.05) is 13.0 Å². The molecule has 0 bridgehead atoms. The molecule has 0 unspecified atom stereocenters. The molecule has 0 aliphatic rings. The molecule has 1 aromatic carbocycles. The number of aromatic nitrogens is 1. The number of nitrogens with one attached hydrogen (secondary N) is 1. The smallest absolute Gasteiger partial charge is 0.331 e. The van der Waals surface area contributed by atoms with Crippen molar-refractivity contribution in [3.05, 3.63) is 51.0 Å². The zero-order chi connectivity index (χ0) is 14.5. The van der Waals surface area contributed by atoms with Crippen LogP contribution in [0.15, 0.2) is 40.9 Å². The third kappa shape index (κ3) is 3.45. The summed E-state index contributed by atoms with van der Waals surface area (Å²) in [6.45, 7) is 2.58. The number of pyridine rings is 1. The van der Waals surface area contributed by atoms with Crippen molar-refractivity contribution < 1.29 is 9.66 Å². The molecule has 1 heterocycles. The minimum absolute atomic E-state index is 0.0356. The molecule has 0 spiro atoms. The van der Waals surface area contributed by atoms with Crippen LogP contribution in [0.3, 0.4) is 0 Å². The second-order valence-electron chi connectivity index (χ2n) is 3.87. The van der Waals surface area contributed by atoms with Gasteiger partial charge in [-0.2, -0.15) is 4.98 Å². The molecule has 0 atom stereocenters. The normalized spacial score (nSPS) is 10.1. The Hall–Kier alpha value is -2.15. The molecule has 6 nitrogen and oxygen atoms in total. The molecule has 2 rings (SSSR count). The van der Waals surface area contributed by atoms with Crippen LogP contribution in [0.2, 0.25) is 0 Å². The number of nitrogens with zero attached hydrogens (tertiary/aromatic N) is 2. The molecule has 0 fully saturated rings. The van der Waals surface area contributed by atoms with Crippen molar-refractivity contribution >= 4 is 27.4 Å². The Bertz CT molecular complexity index is 634. The Morgan fingerprint density at radius 2 is 2.20 bits per heavy atom. The Labute approximate surface area is 124 Å². The van der Waals surface area contributed by atoms with Crippen molar-refractivity contribution in [3.63, 3.8) is 0 Å². The Morgan fingerprint density at radius 1 is 1.40 bits per heavy atom. The van der Waals surface area contributed by atoms with Gasteiger partial charge in [-0.1, -0.05) is 22.0 Å². The summed E-state index contributed by atoms with van der Waals surface area (Å²) in [5.41, 5.74) is -0.174. The molecule has 0 radical (unpaired) electrons. The van der Waals surface area contributed by atoms with Crippen LogP contribution in [-0.4, -0.2) is 16.5 Å². The fourth-order valence-corrected chi connectivity index (χ4v) is 1.95. The van der Waals surface area contributed by atoms with Gasteiger partial charge in [0.2, 0.25) is 0 Å². The highest BCUT2D eigenvalue weighted by atomic mass is 79.9. The number of nitro groups is 1. The summed E-state index contributed by atoms with van der Waals surface area (Å²) in [5, 5.41) is 14.0. The van der Waals surface area contributed by atoms with Crippen LogP contribution in [0.1, 0.15) is 6.92 Å². The number of rotatable bonds is 5. The number of benzene rings is 1. The lowest BCUT2D eigenvalue weighted by Gasteiger charge is -2.08. The van der Waals surface area contributed by atoms with Crippen molar-refractivity contribution in [2.45, 2.75) is 6.92 Å². The fraction of sp³-hybridized carbons (Fsp3) is 0.154. The summed E-state index contributed by atoms with van der Waals surface area (Å²) in [5.74, 6) is 0.971. The van der Waals surface area contributed by atoms with Gasteiger partial charge < -0.3 is 10.1 Å². The average Bonchev–Trinajstić information content (AvgIpc) is 2.39. The molecule has 0 saturated carbocycles. The number of hydrogen-bond donors (Lipinski definition) is 1. The van der Waals surface area contributed by atoms with Gasteiger partial charge in [0, 0.05) is 17.1 Å². The number of halogens is 1. The summed E-state index contributed by atoms with van der Waals surface area (Å²) in [4.78, 5) is 14.6. The zero-order valence-corrected chi connectivity index (χ0v) is 12.3. The van der Waals surface area contributed by atoms with Gasteiger partial charge in [0.25, 0.3) is 0 Å². The standard InChI is InChI=1S/C13H12BrN3O3/c1-2-15-12-7-6-11(17(18)19)13(16-12)20-10-5-3-4-9(14)8-10/h3-8H,2H2,1H3,(H,15,16). The van der Waals surface area contributed by atoms with E-state index in [1.165, 1.54) is 6.07 Å². The van der Waals surface area contributed by atoms with Gasteiger partial charge >= 0.3 is 11.6 Å². The molecule has 104 valence electrons. The first-order valence-electron chi connectivity index (χ1n) is 5.93. The van der Waals surface area contributed by atoms with Crippen LogP contribution in [0.4, 0.5) is 11.5 Å². The lowest BCUT2D eigenvalue weighted by molar-refractivity contribution is -0.386. The monoisotopic (exact) mass is 337 g/mol. The van der Waals surface area contributed by atoms with E-state index in [2.05, 4.69) is 26.2 Å². The Morgan fingerprint density at radius 3 is 2.85 bits per heavy atom. The van der Waals surface area contributed by atoms with E-state index in [0.717, 1.165) is 4.47 Å². The first kappa shape index (κ1) is 14.3. The maximum atomic E-state index is 11.0. The molecule has 20 heavy (non-hydrogen) atoms. The Kier molecular flexibility index (Phi) is 4.52. The highest BCUT2D eigenvalue weighted by Gasteiger charge is 2.18. The molecule has 0 aliphatic carbocycles. The van der Waals surface area contributed by atoms with E-state index in [-0.39, 0.29) is 11.6 Å². The summed E-state index contributed by atoms with van der Waals surface area (Å²) in [6.07, 6.45) is 0. The van der Waals surface area contributed by atoms with Gasteiger partial charge in [-0.25, -0.2) is 0 Å². The molecule has 7 heteroatoms. The van der Waals surface area contributed by atoms with Gasteiger partial charge in [-0.05, 0) is 31.2 Å². The van der Waals surface area contributed by atoms with Crippen molar-refractivity contribution in [3.8, 4) is 11.6 Å². The summed E-state index contributed by atoms with van der Waals surface area (Å²) >= 11 is 3.32. The minimum atomic E-state index is -0.518. The second kappa shape index (κ2) is 6.33. The third-order valence-corrected chi connectivity index (χ3v) is 2.90. The lowest BCUT2D eigenvalue weighted by Crippen LogP contribution is -2.02. The molecule has 2 aromatic rings.